The summed E-state index contributed by atoms with van der Waals surface area (Å²) in [6.07, 6.45) is 0.645. The summed E-state index contributed by atoms with van der Waals surface area (Å²) < 4.78 is 37.9. The van der Waals surface area contributed by atoms with Crippen LogP contribution < -0.4 is 9.46 Å². The third-order valence-corrected chi connectivity index (χ3v) is 5.12. The topological polar surface area (TPSA) is 81.7 Å². The molecule has 2 rings (SSSR count). The number of benzene rings is 2. The van der Waals surface area contributed by atoms with Gasteiger partial charge in [-0.25, -0.2) is 17.9 Å². The Balaban J connectivity index is 1.96. The van der Waals surface area contributed by atoms with Gasteiger partial charge in [-0.05, 0) is 63.1 Å². The van der Waals surface area contributed by atoms with E-state index in [1.165, 1.54) is 24.3 Å². The molecule has 0 saturated heterocycles. The van der Waals surface area contributed by atoms with Crippen LogP contribution in [0.1, 0.15) is 36.7 Å². The Bertz CT molecular complexity index is 860. The van der Waals surface area contributed by atoms with Crippen molar-refractivity contribution in [3.05, 3.63) is 59.7 Å². The minimum atomic E-state index is -3.71. The first-order valence-electron chi connectivity index (χ1n) is 8.84. The minimum absolute atomic E-state index is 0.0359. The number of esters is 1. The zero-order valence-corrected chi connectivity index (χ0v) is 16.6. The molecule has 0 radical (unpaired) electrons. The highest BCUT2D eigenvalue weighted by atomic mass is 32.2. The van der Waals surface area contributed by atoms with Crippen molar-refractivity contribution >= 4 is 16.0 Å². The molecule has 0 unspecified atom stereocenters. The fourth-order valence-corrected chi connectivity index (χ4v) is 3.50. The van der Waals surface area contributed by atoms with Gasteiger partial charge in [-0.1, -0.05) is 18.2 Å². The third-order valence-electron chi connectivity index (χ3n) is 3.66. The highest BCUT2D eigenvalue weighted by molar-refractivity contribution is 7.89. The van der Waals surface area contributed by atoms with Crippen LogP contribution in [0.2, 0.25) is 0 Å². The van der Waals surface area contributed by atoms with Crippen molar-refractivity contribution in [3.8, 4) is 5.75 Å². The molecule has 0 atom stereocenters. The molecule has 0 aliphatic carbocycles. The molecule has 0 amide bonds. The molecule has 0 spiro atoms. The fourth-order valence-electron chi connectivity index (χ4n) is 2.42. The maximum absolute atomic E-state index is 12.4. The van der Waals surface area contributed by atoms with Gasteiger partial charge < -0.3 is 9.47 Å². The summed E-state index contributed by atoms with van der Waals surface area (Å²) in [6, 6.07) is 13.4. The lowest BCUT2D eigenvalue weighted by Crippen LogP contribution is -2.26. The zero-order chi connectivity index (χ0) is 19.9. The predicted molar refractivity (Wildman–Crippen MR) is 103 cm³/mol. The number of rotatable bonds is 9. The Morgan fingerprint density at radius 3 is 2.44 bits per heavy atom. The van der Waals surface area contributed by atoms with Gasteiger partial charge in [0.15, 0.2) is 0 Å². The number of hydrogen-bond acceptors (Lipinski definition) is 5. The van der Waals surface area contributed by atoms with Gasteiger partial charge in [0, 0.05) is 6.54 Å². The Morgan fingerprint density at radius 1 is 1.11 bits per heavy atom. The molecule has 0 aliphatic rings. The summed E-state index contributed by atoms with van der Waals surface area (Å²) in [5.74, 6) is 0.239. The van der Waals surface area contributed by atoms with E-state index in [0.29, 0.717) is 6.42 Å². The van der Waals surface area contributed by atoms with E-state index in [0.717, 1.165) is 11.3 Å². The van der Waals surface area contributed by atoms with Crippen molar-refractivity contribution in [2.45, 2.75) is 38.2 Å². The van der Waals surface area contributed by atoms with Crippen LogP contribution in [-0.2, 0) is 21.2 Å². The lowest BCUT2D eigenvalue weighted by atomic mass is 10.1. The molecular formula is C20H25NO5S. The Morgan fingerprint density at radius 2 is 1.81 bits per heavy atom. The zero-order valence-electron chi connectivity index (χ0n) is 15.8. The molecule has 0 fully saturated rings. The molecule has 0 aromatic heterocycles. The molecule has 2 aromatic rings. The average Bonchev–Trinajstić information content (AvgIpc) is 2.63. The number of sulfonamides is 1. The van der Waals surface area contributed by atoms with Crippen LogP contribution in [0.15, 0.2) is 53.4 Å². The van der Waals surface area contributed by atoms with Gasteiger partial charge in [0.1, 0.15) is 5.75 Å². The standard InChI is InChI=1S/C20H25NO5S/c1-4-25-20(22)17-6-5-7-19(14-17)27(23,24)21-13-12-16-8-10-18(11-9-16)26-15(2)3/h5-11,14-15,21H,4,12-13H2,1-3H3. The van der Waals surface area contributed by atoms with Crippen LogP contribution in [0.3, 0.4) is 0 Å². The number of nitrogens with one attached hydrogen (secondary N) is 1. The Kier molecular flexibility index (Phi) is 7.38. The predicted octanol–water partition coefficient (Wildman–Crippen LogP) is 3.17. The largest absolute Gasteiger partial charge is 0.491 e. The molecule has 27 heavy (non-hydrogen) atoms. The van der Waals surface area contributed by atoms with Gasteiger partial charge in [-0.15, -0.1) is 0 Å². The summed E-state index contributed by atoms with van der Waals surface area (Å²) in [5.41, 5.74) is 1.20. The van der Waals surface area contributed by atoms with Crippen LogP contribution in [0.5, 0.6) is 5.75 Å². The average molecular weight is 391 g/mol. The SMILES string of the molecule is CCOC(=O)c1cccc(S(=O)(=O)NCCc2ccc(OC(C)C)cc2)c1. The molecule has 7 heteroatoms. The van der Waals surface area contributed by atoms with E-state index in [2.05, 4.69) is 4.72 Å². The van der Waals surface area contributed by atoms with Gasteiger partial charge in [0.2, 0.25) is 10.0 Å². The van der Waals surface area contributed by atoms with Crippen LogP contribution in [0.4, 0.5) is 0 Å². The quantitative estimate of drug-likeness (QED) is 0.664. The van der Waals surface area contributed by atoms with Crippen LogP contribution in [0, 0.1) is 0 Å². The van der Waals surface area contributed by atoms with Crippen molar-refractivity contribution in [2.75, 3.05) is 13.2 Å². The molecule has 0 saturated carbocycles. The first-order chi connectivity index (χ1) is 12.8. The van der Waals surface area contributed by atoms with Gasteiger partial charge in [0.25, 0.3) is 0 Å². The lowest BCUT2D eigenvalue weighted by molar-refractivity contribution is 0.0526. The molecule has 2 aromatic carbocycles. The number of carbonyl (C=O) groups excluding carboxylic acids is 1. The smallest absolute Gasteiger partial charge is 0.338 e. The summed E-state index contributed by atoms with van der Waals surface area (Å²) in [7, 11) is -3.71. The monoisotopic (exact) mass is 391 g/mol. The molecule has 146 valence electrons. The maximum Gasteiger partial charge on any atom is 0.338 e. The molecule has 0 heterocycles. The van der Waals surface area contributed by atoms with E-state index in [-0.39, 0.29) is 29.7 Å². The Labute approximate surface area is 160 Å². The van der Waals surface area contributed by atoms with Gasteiger partial charge in [-0.3, -0.25) is 0 Å². The van der Waals surface area contributed by atoms with E-state index in [1.54, 1.807) is 6.92 Å². The summed E-state index contributed by atoms with van der Waals surface area (Å²) >= 11 is 0. The highest BCUT2D eigenvalue weighted by Crippen LogP contribution is 2.15. The second-order valence-corrected chi connectivity index (χ2v) is 7.97. The normalized spacial score (nSPS) is 11.4. The first-order valence-corrected chi connectivity index (χ1v) is 10.3. The second kappa shape index (κ2) is 9.53. The summed E-state index contributed by atoms with van der Waals surface area (Å²) in [6.45, 7) is 6.09. The number of ether oxygens (including phenoxy) is 2. The van der Waals surface area contributed by atoms with Crippen molar-refractivity contribution in [1.82, 2.24) is 4.72 Å². The highest BCUT2D eigenvalue weighted by Gasteiger charge is 2.16. The van der Waals surface area contributed by atoms with E-state index >= 15 is 0 Å². The molecule has 1 N–H and O–H groups in total. The van der Waals surface area contributed by atoms with Crippen molar-refractivity contribution in [3.63, 3.8) is 0 Å². The minimum Gasteiger partial charge on any atom is -0.491 e. The van der Waals surface area contributed by atoms with E-state index < -0.39 is 16.0 Å². The third kappa shape index (κ3) is 6.37. The molecular weight excluding hydrogens is 366 g/mol. The van der Waals surface area contributed by atoms with E-state index in [9.17, 15) is 13.2 Å². The van der Waals surface area contributed by atoms with Crippen LogP contribution >= 0.6 is 0 Å². The maximum atomic E-state index is 12.4. The summed E-state index contributed by atoms with van der Waals surface area (Å²) in [5, 5.41) is 0. The Hall–Kier alpha value is -2.38. The molecule has 6 nitrogen and oxygen atoms in total. The lowest BCUT2D eigenvalue weighted by Gasteiger charge is -2.11. The van der Waals surface area contributed by atoms with Gasteiger partial charge in [-0.2, -0.15) is 0 Å². The van der Waals surface area contributed by atoms with Crippen molar-refractivity contribution in [1.29, 1.82) is 0 Å². The first kappa shape index (κ1) is 20.9. The molecule has 0 bridgehead atoms. The van der Waals surface area contributed by atoms with Gasteiger partial charge >= 0.3 is 5.97 Å². The van der Waals surface area contributed by atoms with E-state index in [1.807, 2.05) is 38.1 Å². The van der Waals surface area contributed by atoms with Crippen molar-refractivity contribution < 1.29 is 22.7 Å². The van der Waals surface area contributed by atoms with Gasteiger partial charge in [0.05, 0.1) is 23.2 Å². The van der Waals surface area contributed by atoms with Crippen LogP contribution in [0.25, 0.3) is 0 Å². The fraction of sp³-hybridized carbons (Fsp3) is 0.350. The second-order valence-electron chi connectivity index (χ2n) is 6.21. The van der Waals surface area contributed by atoms with E-state index in [4.69, 9.17) is 9.47 Å². The van der Waals surface area contributed by atoms with Crippen LogP contribution in [-0.4, -0.2) is 33.6 Å². The number of hydrogen-bond donors (Lipinski definition) is 1. The van der Waals surface area contributed by atoms with Crippen molar-refractivity contribution in [2.24, 2.45) is 0 Å². The number of carbonyl (C=O) groups is 1. The summed E-state index contributed by atoms with van der Waals surface area (Å²) in [4.78, 5) is 11.8. The molecule has 0 aliphatic heterocycles.